The van der Waals surface area contributed by atoms with Crippen LogP contribution < -0.4 is 4.90 Å². The first kappa shape index (κ1) is 19.5. The quantitative estimate of drug-likeness (QED) is 0.681. The van der Waals surface area contributed by atoms with E-state index in [-0.39, 0.29) is 12.8 Å². The summed E-state index contributed by atoms with van der Waals surface area (Å²) >= 11 is 6.10. The molecule has 0 amide bonds. The van der Waals surface area contributed by atoms with Gasteiger partial charge in [-0.05, 0) is 31.7 Å². The van der Waals surface area contributed by atoms with E-state index in [4.69, 9.17) is 16.3 Å². The lowest BCUT2D eigenvalue weighted by Gasteiger charge is -2.35. The van der Waals surface area contributed by atoms with E-state index in [9.17, 15) is 13.2 Å². The van der Waals surface area contributed by atoms with E-state index >= 15 is 0 Å². The molecule has 0 bridgehead atoms. The summed E-state index contributed by atoms with van der Waals surface area (Å²) in [4.78, 5) is 6.16. The number of pyridine rings is 1. The fourth-order valence-corrected chi connectivity index (χ4v) is 4.13. The van der Waals surface area contributed by atoms with E-state index < -0.39 is 12.1 Å². The van der Waals surface area contributed by atoms with E-state index in [2.05, 4.69) is 10.1 Å². The van der Waals surface area contributed by atoms with Crippen LogP contribution in [0.1, 0.15) is 31.7 Å². The molecule has 0 saturated carbocycles. The van der Waals surface area contributed by atoms with Gasteiger partial charge >= 0.3 is 6.18 Å². The third kappa shape index (κ3) is 4.12. The molecule has 0 aromatic carbocycles. The lowest BCUT2D eigenvalue weighted by molar-refractivity contribution is -0.179. The Morgan fingerprint density at radius 1 is 1.07 bits per heavy atom. The van der Waals surface area contributed by atoms with Crippen LogP contribution in [0.2, 0.25) is 5.15 Å². The first-order valence-corrected chi connectivity index (χ1v) is 9.89. The Morgan fingerprint density at radius 2 is 1.79 bits per heavy atom. The predicted molar refractivity (Wildman–Crippen MR) is 101 cm³/mol. The number of anilines is 1. The summed E-state index contributed by atoms with van der Waals surface area (Å²) in [6, 6.07) is 2.03. The Labute approximate surface area is 166 Å². The van der Waals surface area contributed by atoms with Gasteiger partial charge in [0, 0.05) is 55.5 Å². The van der Waals surface area contributed by atoms with Crippen molar-refractivity contribution in [2.24, 2.45) is 5.92 Å². The monoisotopic (exact) mass is 414 g/mol. The van der Waals surface area contributed by atoms with Crippen molar-refractivity contribution in [3.05, 3.63) is 29.8 Å². The number of hydrogen-bond donors (Lipinski definition) is 0. The number of piperidine rings is 1. The molecule has 0 radical (unpaired) electrons. The van der Waals surface area contributed by atoms with Crippen LogP contribution in [0.4, 0.5) is 18.9 Å². The third-order valence-electron chi connectivity index (χ3n) is 5.62. The van der Waals surface area contributed by atoms with E-state index in [0.29, 0.717) is 24.3 Å². The van der Waals surface area contributed by atoms with Crippen molar-refractivity contribution in [1.29, 1.82) is 0 Å². The lowest BCUT2D eigenvalue weighted by Crippen LogP contribution is -2.39. The van der Waals surface area contributed by atoms with Crippen molar-refractivity contribution in [1.82, 2.24) is 14.8 Å². The standard InChI is InChI=1S/C19H22ClF3N4O/c20-18-9-17(26-5-1-14(2-6-26)19(21,22)23)16(11-24-18)13-10-25-27(12-13)15-3-7-28-8-4-15/h9-12,14-15H,1-8H2. The van der Waals surface area contributed by atoms with Crippen molar-refractivity contribution in [3.63, 3.8) is 0 Å². The molecule has 4 rings (SSSR count). The highest BCUT2D eigenvalue weighted by atomic mass is 35.5. The van der Waals surface area contributed by atoms with Crippen LogP contribution in [0, 0.1) is 5.92 Å². The number of alkyl halides is 3. The molecule has 0 spiro atoms. The molecule has 9 heteroatoms. The zero-order valence-electron chi connectivity index (χ0n) is 15.3. The molecule has 2 aromatic heterocycles. The molecule has 4 heterocycles. The zero-order chi connectivity index (χ0) is 19.7. The number of ether oxygens (including phenoxy) is 1. The molecule has 2 aromatic rings. The summed E-state index contributed by atoms with van der Waals surface area (Å²) < 4.78 is 46.3. The average Bonchev–Trinajstić information content (AvgIpc) is 3.18. The summed E-state index contributed by atoms with van der Waals surface area (Å²) in [5, 5.41) is 4.83. The van der Waals surface area contributed by atoms with Gasteiger partial charge in [-0.3, -0.25) is 4.68 Å². The maximum absolute atomic E-state index is 13.0. The van der Waals surface area contributed by atoms with Gasteiger partial charge in [0.1, 0.15) is 5.15 Å². The van der Waals surface area contributed by atoms with Crippen molar-refractivity contribution in [2.75, 3.05) is 31.2 Å². The number of rotatable bonds is 3. The van der Waals surface area contributed by atoms with Crippen LogP contribution in [-0.2, 0) is 4.74 Å². The summed E-state index contributed by atoms with van der Waals surface area (Å²) in [6.45, 7) is 2.13. The molecular weight excluding hydrogens is 393 g/mol. The minimum absolute atomic E-state index is 0.0875. The van der Waals surface area contributed by atoms with Crippen LogP contribution in [0.3, 0.4) is 0 Å². The Morgan fingerprint density at radius 3 is 2.46 bits per heavy atom. The predicted octanol–water partition coefficient (Wildman–Crippen LogP) is 4.73. The smallest absolute Gasteiger partial charge is 0.381 e. The number of hydrogen-bond acceptors (Lipinski definition) is 4. The molecule has 0 unspecified atom stereocenters. The topological polar surface area (TPSA) is 43.2 Å². The first-order chi connectivity index (χ1) is 13.4. The highest BCUT2D eigenvalue weighted by Crippen LogP contribution is 2.39. The van der Waals surface area contributed by atoms with Crippen LogP contribution in [0.15, 0.2) is 24.7 Å². The molecule has 0 atom stereocenters. The summed E-state index contributed by atoms with van der Waals surface area (Å²) in [7, 11) is 0. The average molecular weight is 415 g/mol. The Kier molecular flexibility index (Phi) is 5.51. The van der Waals surface area contributed by atoms with Crippen LogP contribution in [0.25, 0.3) is 11.1 Å². The van der Waals surface area contributed by atoms with Crippen molar-refractivity contribution >= 4 is 17.3 Å². The second-order valence-electron chi connectivity index (χ2n) is 7.38. The van der Waals surface area contributed by atoms with E-state index in [0.717, 1.165) is 42.9 Å². The maximum atomic E-state index is 13.0. The van der Waals surface area contributed by atoms with Crippen molar-refractivity contribution < 1.29 is 17.9 Å². The maximum Gasteiger partial charge on any atom is 0.391 e. The van der Waals surface area contributed by atoms with Crippen molar-refractivity contribution in [3.8, 4) is 11.1 Å². The van der Waals surface area contributed by atoms with Gasteiger partial charge in [-0.2, -0.15) is 18.3 Å². The molecule has 2 saturated heterocycles. The third-order valence-corrected chi connectivity index (χ3v) is 5.83. The largest absolute Gasteiger partial charge is 0.391 e. The van der Waals surface area contributed by atoms with E-state index in [1.54, 1.807) is 18.5 Å². The molecular formula is C19H22ClF3N4O. The zero-order valence-corrected chi connectivity index (χ0v) is 16.1. The highest BCUT2D eigenvalue weighted by Gasteiger charge is 2.41. The van der Waals surface area contributed by atoms with Gasteiger partial charge in [-0.25, -0.2) is 4.98 Å². The fourth-order valence-electron chi connectivity index (χ4n) is 3.98. The summed E-state index contributed by atoms with van der Waals surface area (Å²) in [6.07, 6.45) is 3.32. The summed E-state index contributed by atoms with van der Waals surface area (Å²) in [5.41, 5.74) is 2.55. The highest BCUT2D eigenvalue weighted by molar-refractivity contribution is 6.29. The normalized spacial score (nSPS) is 19.9. The number of aromatic nitrogens is 3. The van der Waals surface area contributed by atoms with Gasteiger partial charge in [-0.1, -0.05) is 11.6 Å². The first-order valence-electron chi connectivity index (χ1n) is 9.51. The molecule has 5 nitrogen and oxygen atoms in total. The minimum Gasteiger partial charge on any atom is -0.381 e. The Balaban J connectivity index is 1.57. The van der Waals surface area contributed by atoms with Crippen molar-refractivity contribution in [2.45, 2.75) is 37.9 Å². The Hall–Kier alpha value is -1.80. The second-order valence-corrected chi connectivity index (χ2v) is 7.77. The van der Waals surface area contributed by atoms with E-state index in [1.165, 1.54) is 0 Å². The van der Waals surface area contributed by atoms with Crippen LogP contribution >= 0.6 is 11.6 Å². The van der Waals surface area contributed by atoms with Gasteiger partial charge < -0.3 is 9.64 Å². The minimum atomic E-state index is -4.13. The summed E-state index contributed by atoms with van der Waals surface area (Å²) in [5.74, 6) is -1.24. The molecule has 2 aliphatic heterocycles. The Bertz CT molecular complexity index is 812. The lowest BCUT2D eigenvalue weighted by atomic mass is 9.95. The molecule has 0 N–H and O–H groups in total. The molecule has 0 aliphatic carbocycles. The van der Waals surface area contributed by atoms with Gasteiger partial charge in [0.05, 0.1) is 18.2 Å². The van der Waals surface area contributed by atoms with Crippen LogP contribution in [-0.4, -0.2) is 47.2 Å². The van der Waals surface area contributed by atoms with Gasteiger partial charge in [0.15, 0.2) is 0 Å². The van der Waals surface area contributed by atoms with Gasteiger partial charge in [-0.15, -0.1) is 0 Å². The number of nitrogens with zero attached hydrogens (tertiary/aromatic N) is 4. The molecule has 28 heavy (non-hydrogen) atoms. The second kappa shape index (κ2) is 7.91. The fraction of sp³-hybridized carbons (Fsp3) is 0.579. The molecule has 2 aliphatic rings. The molecule has 152 valence electrons. The van der Waals surface area contributed by atoms with Gasteiger partial charge in [0.25, 0.3) is 0 Å². The van der Waals surface area contributed by atoms with E-state index in [1.807, 2.05) is 15.8 Å². The number of halogens is 4. The van der Waals surface area contributed by atoms with Crippen LogP contribution in [0.5, 0.6) is 0 Å². The molecule has 2 fully saturated rings. The van der Waals surface area contributed by atoms with Gasteiger partial charge in [0.2, 0.25) is 0 Å². The SMILES string of the molecule is FC(F)(F)C1CCN(c2cc(Cl)ncc2-c2cnn(C3CCOCC3)c2)CC1.